The summed E-state index contributed by atoms with van der Waals surface area (Å²) in [6, 6.07) is 10.4. The van der Waals surface area contributed by atoms with Gasteiger partial charge in [-0.25, -0.2) is 9.97 Å². The maximum Gasteiger partial charge on any atom is 0.233 e. The van der Waals surface area contributed by atoms with Gasteiger partial charge in [-0.05, 0) is 31.4 Å². The van der Waals surface area contributed by atoms with Gasteiger partial charge in [-0.1, -0.05) is 43.0 Å². The van der Waals surface area contributed by atoms with Crippen LogP contribution in [0.4, 0.5) is 0 Å². The molecule has 5 nitrogen and oxygen atoms in total. The molecule has 1 aromatic heterocycles. The molecule has 0 aliphatic rings. The summed E-state index contributed by atoms with van der Waals surface area (Å²) in [5, 5.41) is 9.83. The molecular weight excluding hydrogens is 332 g/mol. The average Bonchev–Trinajstić information content (AvgIpc) is 2.59. The molecule has 0 N–H and O–H groups in total. The van der Waals surface area contributed by atoms with Gasteiger partial charge >= 0.3 is 0 Å². The molecule has 0 fully saturated rings. The number of hydrogen-bond donors (Lipinski definition) is 0. The standard InChI is InChI=1S/C19H22N4OS/c1-5-15-6-8-16(9-7-15)11-23(4)18(24)12-25-19-17(10-20)13(2)21-14(3)22-19/h6-9H,5,11-12H2,1-4H3. The Bertz CT molecular complexity index is 796. The molecule has 0 unspecified atom stereocenters. The van der Waals surface area contributed by atoms with Crippen molar-refractivity contribution >= 4 is 17.7 Å². The van der Waals surface area contributed by atoms with Crippen LogP contribution in [0.15, 0.2) is 29.3 Å². The van der Waals surface area contributed by atoms with Crippen LogP contribution in [0.5, 0.6) is 0 Å². The average molecular weight is 354 g/mol. The minimum absolute atomic E-state index is 0.00220. The van der Waals surface area contributed by atoms with Gasteiger partial charge in [0.15, 0.2) is 0 Å². The Morgan fingerprint density at radius 1 is 1.20 bits per heavy atom. The van der Waals surface area contributed by atoms with Gasteiger partial charge in [0, 0.05) is 13.6 Å². The van der Waals surface area contributed by atoms with Gasteiger partial charge in [0.25, 0.3) is 0 Å². The van der Waals surface area contributed by atoms with Crippen molar-refractivity contribution in [2.24, 2.45) is 0 Å². The quantitative estimate of drug-likeness (QED) is 0.588. The van der Waals surface area contributed by atoms with Gasteiger partial charge in [0.1, 0.15) is 22.5 Å². The first kappa shape index (κ1) is 18.9. The fourth-order valence-electron chi connectivity index (χ4n) is 2.40. The van der Waals surface area contributed by atoms with Crippen LogP contribution < -0.4 is 0 Å². The highest BCUT2D eigenvalue weighted by Gasteiger charge is 2.15. The molecule has 2 aromatic rings. The number of thioether (sulfide) groups is 1. The Morgan fingerprint density at radius 2 is 1.84 bits per heavy atom. The summed E-state index contributed by atoms with van der Waals surface area (Å²) in [6.07, 6.45) is 1.00. The lowest BCUT2D eigenvalue weighted by molar-refractivity contribution is -0.127. The lowest BCUT2D eigenvalue weighted by atomic mass is 10.1. The summed E-state index contributed by atoms with van der Waals surface area (Å²) < 4.78 is 0. The van der Waals surface area contributed by atoms with Crippen LogP contribution in [0.2, 0.25) is 0 Å². The smallest absolute Gasteiger partial charge is 0.233 e. The lowest BCUT2D eigenvalue weighted by Gasteiger charge is -2.17. The van der Waals surface area contributed by atoms with E-state index in [0.29, 0.717) is 28.7 Å². The van der Waals surface area contributed by atoms with E-state index in [4.69, 9.17) is 0 Å². The van der Waals surface area contributed by atoms with E-state index in [9.17, 15) is 10.1 Å². The van der Waals surface area contributed by atoms with Crippen molar-refractivity contribution in [3.8, 4) is 6.07 Å². The molecule has 0 saturated carbocycles. The van der Waals surface area contributed by atoms with Gasteiger partial charge < -0.3 is 4.90 Å². The predicted octanol–water partition coefficient (Wildman–Crippen LogP) is 3.28. The van der Waals surface area contributed by atoms with Gasteiger partial charge in [-0.2, -0.15) is 5.26 Å². The maximum atomic E-state index is 12.4. The molecular formula is C19H22N4OS. The normalized spacial score (nSPS) is 10.4. The van der Waals surface area contributed by atoms with Crippen molar-refractivity contribution in [2.45, 2.75) is 38.8 Å². The van der Waals surface area contributed by atoms with Crippen LogP contribution in [0.3, 0.4) is 0 Å². The zero-order valence-corrected chi connectivity index (χ0v) is 15.9. The molecule has 0 radical (unpaired) electrons. The van der Waals surface area contributed by atoms with E-state index >= 15 is 0 Å². The van der Waals surface area contributed by atoms with Crippen LogP contribution in [0.1, 0.15) is 35.1 Å². The second-order valence-electron chi connectivity index (χ2n) is 5.86. The van der Waals surface area contributed by atoms with E-state index < -0.39 is 0 Å². The second-order valence-corrected chi connectivity index (χ2v) is 6.82. The second kappa shape index (κ2) is 8.63. The fraction of sp³-hybridized carbons (Fsp3) is 0.368. The molecule has 1 heterocycles. The molecule has 0 aliphatic carbocycles. The first-order valence-corrected chi connectivity index (χ1v) is 9.13. The summed E-state index contributed by atoms with van der Waals surface area (Å²) in [5.74, 6) is 0.854. The van der Waals surface area contributed by atoms with Crippen molar-refractivity contribution in [2.75, 3.05) is 12.8 Å². The van der Waals surface area contributed by atoms with Crippen LogP contribution in [0, 0.1) is 25.2 Å². The number of nitriles is 1. The van der Waals surface area contributed by atoms with Crippen LogP contribution in [0.25, 0.3) is 0 Å². The van der Waals surface area contributed by atoms with E-state index in [0.717, 1.165) is 12.0 Å². The van der Waals surface area contributed by atoms with Gasteiger partial charge in [-0.15, -0.1) is 0 Å². The SMILES string of the molecule is CCc1ccc(CN(C)C(=O)CSc2nc(C)nc(C)c2C#N)cc1. The largest absolute Gasteiger partial charge is 0.341 e. The molecule has 25 heavy (non-hydrogen) atoms. The number of carbonyl (C=O) groups is 1. The molecule has 130 valence electrons. The number of hydrogen-bond acceptors (Lipinski definition) is 5. The third kappa shape index (κ3) is 5.04. The molecule has 0 bridgehead atoms. The Labute approximate surface area is 153 Å². The number of aryl methyl sites for hydroxylation is 3. The molecule has 0 atom stereocenters. The Kier molecular flexibility index (Phi) is 6.54. The fourth-order valence-corrected chi connectivity index (χ4v) is 3.41. The van der Waals surface area contributed by atoms with Crippen LogP contribution >= 0.6 is 11.8 Å². The van der Waals surface area contributed by atoms with E-state index in [2.05, 4.69) is 47.2 Å². The van der Waals surface area contributed by atoms with Crippen molar-refractivity contribution in [1.82, 2.24) is 14.9 Å². The lowest BCUT2D eigenvalue weighted by Crippen LogP contribution is -2.27. The minimum Gasteiger partial charge on any atom is -0.341 e. The summed E-state index contributed by atoms with van der Waals surface area (Å²) in [5.41, 5.74) is 3.48. The van der Waals surface area contributed by atoms with Crippen molar-refractivity contribution < 1.29 is 4.79 Å². The number of carbonyl (C=O) groups excluding carboxylic acids is 1. The number of amides is 1. The highest BCUT2D eigenvalue weighted by molar-refractivity contribution is 8.00. The van der Waals surface area contributed by atoms with Gasteiger partial charge in [-0.3, -0.25) is 4.79 Å². The Balaban J connectivity index is 1.99. The monoisotopic (exact) mass is 354 g/mol. The van der Waals surface area contributed by atoms with Crippen LogP contribution in [-0.4, -0.2) is 33.6 Å². The zero-order valence-electron chi connectivity index (χ0n) is 15.0. The van der Waals surface area contributed by atoms with Crippen LogP contribution in [-0.2, 0) is 17.8 Å². The summed E-state index contributed by atoms with van der Waals surface area (Å²) in [6.45, 7) is 6.25. The molecule has 2 rings (SSSR count). The molecule has 0 aliphatic heterocycles. The van der Waals surface area contributed by atoms with Crippen molar-refractivity contribution in [1.29, 1.82) is 5.26 Å². The molecule has 6 heteroatoms. The van der Waals surface area contributed by atoms with Gasteiger partial charge in [0.2, 0.25) is 5.91 Å². The highest BCUT2D eigenvalue weighted by atomic mass is 32.2. The number of nitrogens with zero attached hydrogens (tertiary/aromatic N) is 4. The molecule has 1 amide bonds. The Hall–Kier alpha value is -2.39. The third-order valence-electron chi connectivity index (χ3n) is 3.89. The molecule has 0 saturated heterocycles. The van der Waals surface area contributed by atoms with E-state index in [1.807, 2.05) is 0 Å². The summed E-state index contributed by atoms with van der Waals surface area (Å²) in [7, 11) is 1.79. The third-order valence-corrected chi connectivity index (χ3v) is 4.85. The zero-order chi connectivity index (χ0) is 18.4. The topological polar surface area (TPSA) is 69.9 Å². The molecule has 0 spiro atoms. The summed E-state index contributed by atoms with van der Waals surface area (Å²) >= 11 is 1.29. The predicted molar refractivity (Wildman–Crippen MR) is 99.2 cm³/mol. The minimum atomic E-state index is 0.00220. The summed E-state index contributed by atoms with van der Waals surface area (Å²) in [4.78, 5) is 22.6. The number of benzene rings is 1. The van der Waals surface area contributed by atoms with E-state index in [-0.39, 0.29) is 11.7 Å². The first-order valence-electron chi connectivity index (χ1n) is 8.14. The number of aromatic nitrogens is 2. The van der Waals surface area contributed by atoms with Crippen molar-refractivity contribution in [3.63, 3.8) is 0 Å². The highest BCUT2D eigenvalue weighted by Crippen LogP contribution is 2.22. The van der Waals surface area contributed by atoms with E-state index in [1.165, 1.54) is 17.3 Å². The Morgan fingerprint density at radius 3 is 2.44 bits per heavy atom. The molecule has 1 aromatic carbocycles. The maximum absolute atomic E-state index is 12.4. The van der Waals surface area contributed by atoms with Crippen molar-refractivity contribution in [3.05, 3.63) is 52.5 Å². The first-order chi connectivity index (χ1) is 11.9. The van der Waals surface area contributed by atoms with E-state index in [1.54, 1.807) is 25.8 Å². The number of rotatable bonds is 6. The van der Waals surface area contributed by atoms with Gasteiger partial charge in [0.05, 0.1) is 11.4 Å².